The quantitative estimate of drug-likeness (QED) is 0.0209. The molecule has 8 rings (SSSR count). The van der Waals surface area contributed by atoms with Gasteiger partial charge in [0.05, 0.1) is 43.9 Å². The average Bonchev–Trinajstić information content (AvgIpc) is 3.58. The van der Waals surface area contributed by atoms with Gasteiger partial charge < -0.3 is 43.4 Å². The monoisotopic (exact) mass is 1300 g/mol. The van der Waals surface area contributed by atoms with Crippen LogP contribution in [0, 0.1) is 13.0 Å². The molecule has 0 spiro atoms. The number of benzene rings is 6. The summed E-state index contributed by atoms with van der Waals surface area (Å²) in [4.78, 5) is 46.4. The predicted octanol–water partition coefficient (Wildman–Crippen LogP) is 9.53. The Labute approximate surface area is 501 Å². The number of carbonyl (C=O) groups excluding carboxylic acids is 2. The molecule has 1 atom stereocenters. The van der Waals surface area contributed by atoms with E-state index in [4.69, 9.17) is 11.5 Å². The van der Waals surface area contributed by atoms with E-state index in [0.29, 0.717) is 0 Å². The SMILES string of the molecule is Cc1nc(NCC(C)Nc2nc(F)nc(Nc3ccc(N=Nc4ccc(N=Nc5ccc(S(=O)(=O)O)cc5)cc4S(=O)(=O)O)c(NC(N)=O)c3)n2)nc(Nc2ccc(N=Nc3ccc(N=Nc4ccc(S(=O)(=O)O)cc4)cc3S(=O)(=O)O)c(NC(N)=O)c2)n1. The molecule has 1 unspecified atom stereocenters. The minimum Gasteiger partial charge on any atom is -0.352 e. The molecule has 4 amide bonds. The Hall–Kier alpha value is -11.0. The number of anilines is 8. The van der Waals surface area contributed by atoms with Gasteiger partial charge >= 0.3 is 18.1 Å². The number of aryl methyl sites for hydroxylation is 1. The summed E-state index contributed by atoms with van der Waals surface area (Å²) in [7, 11) is -18.8. The second-order valence-electron chi connectivity index (χ2n) is 17.9. The molecular formula is C48H43FN22O14S4. The fourth-order valence-corrected chi connectivity index (χ4v) is 9.50. The van der Waals surface area contributed by atoms with Gasteiger partial charge in [-0.3, -0.25) is 18.2 Å². The molecule has 41 heteroatoms. The highest BCUT2D eigenvalue weighted by atomic mass is 32.2. The Balaban J connectivity index is 0.909. The van der Waals surface area contributed by atoms with Gasteiger partial charge in [-0.05, 0) is 135 Å². The minimum atomic E-state index is -4.96. The van der Waals surface area contributed by atoms with E-state index in [-0.39, 0.29) is 104 Å². The van der Waals surface area contributed by atoms with E-state index >= 15 is 0 Å². The average molecular weight is 1300 g/mol. The first-order valence-corrected chi connectivity index (χ1v) is 30.3. The van der Waals surface area contributed by atoms with Crippen LogP contribution in [0.25, 0.3) is 0 Å². The van der Waals surface area contributed by atoms with E-state index in [9.17, 15) is 65.9 Å². The number of nitrogens with one attached hydrogen (secondary N) is 6. The number of hydrogen-bond donors (Lipinski definition) is 12. The molecule has 460 valence electrons. The molecule has 0 aliphatic heterocycles. The number of halogens is 1. The standard InChI is InChI=1S/C48H43FN22O14S4/c1-24(53-46-60-42(49)61-48(63-46)57-29-8-16-35(39(20-29)59-44(51)73)69-71-37-18-10-31(22-41(37)89(83,84)85)67-65-27-5-13-33(14-6-27)87(77,78)79)23-52-45-54-25(2)55-47(62-45)56-28-7-15-34(38(19-28)58-43(50)72)68-70-36-17-9-30(21-40(36)88(80,81)82)66-64-26-3-11-32(12-4-26)86(74,75)76/h3-22,24H,23H2,1-2H3,(H3,50,58,72)(H3,51,59,73)(H,74,75,76)(H,77,78,79)(H,80,81,82)(H,83,84,85)(H2,52,54,55,56,62)(H2,53,57,60,61,63). The number of rotatable bonds is 23. The van der Waals surface area contributed by atoms with Gasteiger partial charge in [-0.25, -0.2) is 9.59 Å². The van der Waals surface area contributed by atoms with Crippen LogP contribution in [0.15, 0.2) is 182 Å². The van der Waals surface area contributed by atoms with Crippen LogP contribution < -0.4 is 43.4 Å². The summed E-state index contributed by atoms with van der Waals surface area (Å²) in [5.74, 6) is -0.214. The summed E-state index contributed by atoms with van der Waals surface area (Å²) in [6, 6.07) is 21.5. The van der Waals surface area contributed by atoms with Crippen molar-refractivity contribution < 1.29 is 65.9 Å². The molecule has 0 aliphatic rings. The van der Waals surface area contributed by atoms with Crippen LogP contribution in [0.5, 0.6) is 0 Å². The number of hydrogen-bond acceptors (Lipinski definition) is 28. The van der Waals surface area contributed by atoms with Crippen LogP contribution in [0.4, 0.5) is 106 Å². The Morgan fingerprint density at radius 3 is 1.27 bits per heavy atom. The van der Waals surface area contributed by atoms with Gasteiger partial charge in [0.15, 0.2) is 0 Å². The van der Waals surface area contributed by atoms with Crippen molar-refractivity contribution in [2.75, 3.05) is 38.4 Å². The molecule has 0 bridgehead atoms. The molecule has 14 N–H and O–H groups in total. The fraction of sp³-hybridized carbons (Fsp3) is 0.0833. The third kappa shape index (κ3) is 18.3. The predicted molar refractivity (Wildman–Crippen MR) is 314 cm³/mol. The number of urea groups is 2. The summed E-state index contributed by atoms with van der Waals surface area (Å²) in [5, 5.41) is 48.0. The molecule has 36 nitrogen and oxygen atoms in total. The molecule has 0 radical (unpaired) electrons. The molecule has 89 heavy (non-hydrogen) atoms. The minimum absolute atomic E-state index is 0.0119. The maximum absolute atomic E-state index is 14.9. The lowest BCUT2D eigenvalue weighted by Gasteiger charge is -2.16. The Kier molecular flexibility index (Phi) is 19.3. The highest BCUT2D eigenvalue weighted by molar-refractivity contribution is 7.86. The van der Waals surface area contributed by atoms with Crippen LogP contribution in [0.1, 0.15) is 12.7 Å². The van der Waals surface area contributed by atoms with Gasteiger partial charge in [-0.2, -0.15) is 88.4 Å². The zero-order valence-electron chi connectivity index (χ0n) is 45.1. The maximum atomic E-state index is 14.9. The topological polar surface area (TPSA) is 552 Å². The number of nitrogens with two attached hydrogens (primary N) is 2. The largest absolute Gasteiger partial charge is 0.352 e. The number of carbonyl (C=O) groups is 2. The molecule has 2 aromatic heterocycles. The van der Waals surface area contributed by atoms with Gasteiger partial charge in [0, 0.05) is 24.0 Å². The fourth-order valence-electron chi connectivity index (χ4n) is 7.25. The Morgan fingerprint density at radius 2 is 0.843 bits per heavy atom. The molecule has 0 fully saturated rings. The van der Waals surface area contributed by atoms with E-state index in [1.54, 1.807) is 13.8 Å². The third-order valence-corrected chi connectivity index (χ3v) is 14.6. The molecule has 0 saturated carbocycles. The van der Waals surface area contributed by atoms with Crippen LogP contribution in [-0.4, -0.2) is 106 Å². The number of azo groups is 4. The van der Waals surface area contributed by atoms with Gasteiger partial charge in [-0.1, -0.05) is 0 Å². The van der Waals surface area contributed by atoms with E-state index < -0.39 is 84.2 Å². The smallest absolute Gasteiger partial charge is 0.316 e. The van der Waals surface area contributed by atoms with Crippen molar-refractivity contribution in [3.8, 4) is 0 Å². The van der Waals surface area contributed by atoms with Crippen molar-refractivity contribution in [1.82, 2.24) is 29.9 Å². The van der Waals surface area contributed by atoms with Crippen molar-refractivity contribution >= 4 is 145 Å². The number of amides is 4. The van der Waals surface area contributed by atoms with Gasteiger partial charge in [0.1, 0.15) is 38.4 Å². The van der Waals surface area contributed by atoms with Crippen molar-refractivity contribution in [3.05, 3.63) is 133 Å². The number of aromatic nitrogens is 6. The Morgan fingerprint density at radius 1 is 0.472 bits per heavy atom. The number of nitrogens with zero attached hydrogens (tertiary/aromatic N) is 14. The van der Waals surface area contributed by atoms with E-state index in [0.717, 1.165) is 48.5 Å². The normalized spacial score (nSPS) is 12.6. The summed E-state index contributed by atoms with van der Waals surface area (Å²) in [6.45, 7) is 3.33. The second-order valence-corrected chi connectivity index (χ2v) is 23.5. The lowest BCUT2D eigenvalue weighted by Crippen LogP contribution is -2.27. The van der Waals surface area contributed by atoms with Crippen LogP contribution in [0.3, 0.4) is 0 Å². The van der Waals surface area contributed by atoms with E-state index in [2.05, 4.69) is 103 Å². The highest BCUT2D eigenvalue weighted by Crippen LogP contribution is 2.37. The van der Waals surface area contributed by atoms with E-state index in [1.807, 2.05) is 0 Å². The van der Waals surface area contributed by atoms with Crippen molar-refractivity contribution in [3.63, 3.8) is 0 Å². The molecule has 0 saturated heterocycles. The van der Waals surface area contributed by atoms with E-state index in [1.165, 1.54) is 72.8 Å². The molecule has 0 aliphatic carbocycles. The molecule has 8 aromatic rings. The first-order valence-electron chi connectivity index (χ1n) is 24.5. The van der Waals surface area contributed by atoms with Crippen LogP contribution in [-0.2, 0) is 40.5 Å². The molecule has 2 heterocycles. The number of primary amides is 2. The molecule has 6 aromatic carbocycles. The highest BCUT2D eigenvalue weighted by Gasteiger charge is 2.21. The van der Waals surface area contributed by atoms with Gasteiger partial charge in [0.25, 0.3) is 40.5 Å². The van der Waals surface area contributed by atoms with Gasteiger partial charge in [0.2, 0.25) is 23.8 Å². The van der Waals surface area contributed by atoms with Crippen LogP contribution in [0.2, 0.25) is 0 Å². The Bertz CT molecular complexity index is 4670. The second kappa shape index (κ2) is 26.8. The lowest BCUT2D eigenvalue weighted by molar-refractivity contribution is 0.258. The van der Waals surface area contributed by atoms with Crippen molar-refractivity contribution in [1.29, 1.82) is 0 Å². The van der Waals surface area contributed by atoms with Gasteiger partial charge in [-0.15, -0.1) is 20.5 Å². The zero-order chi connectivity index (χ0) is 64.4. The first kappa shape index (κ1) is 64.1. The van der Waals surface area contributed by atoms with Crippen molar-refractivity contribution in [2.24, 2.45) is 52.4 Å². The maximum Gasteiger partial charge on any atom is 0.316 e. The summed E-state index contributed by atoms with van der Waals surface area (Å²) < 4.78 is 148. The zero-order valence-corrected chi connectivity index (χ0v) is 48.4. The van der Waals surface area contributed by atoms with Crippen LogP contribution >= 0.6 is 0 Å². The summed E-state index contributed by atoms with van der Waals surface area (Å²) in [6.07, 6.45) is -1.20. The summed E-state index contributed by atoms with van der Waals surface area (Å²) in [5.41, 5.74) is 10.4. The van der Waals surface area contributed by atoms with Crippen molar-refractivity contribution in [2.45, 2.75) is 39.5 Å². The lowest BCUT2D eigenvalue weighted by atomic mass is 10.2. The molecular weight excluding hydrogens is 1260 g/mol. The summed E-state index contributed by atoms with van der Waals surface area (Å²) >= 11 is 0. The third-order valence-electron chi connectivity index (χ3n) is 11.1. The first-order chi connectivity index (χ1) is 41.9.